The van der Waals surface area contributed by atoms with Gasteiger partial charge in [-0.1, -0.05) is 26.7 Å². The van der Waals surface area contributed by atoms with Gasteiger partial charge in [-0.05, 0) is 12.8 Å². The number of unbranched alkanes of at least 4 members (excludes halogenated alkanes) is 1. The van der Waals surface area contributed by atoms with Crippen LogP contribution in [0.25, 0.3) is 0 Å². The van der Waals surface area contributed by atoms with Crippen LogP contribution in [0.1, 0.15) is 39.5 Å². The van der Waals surface area contributed by atoms with E-state index in [0.29, 0.717) is 0 Å². The molecule has 0 aromatic rings. The molecule has 0 spiro atoms. The molecule has 0 aliphatic carbocycles. The van der Waals surface area contributed by atoms with E-state index in [-0.39, 0.29) is 52.8 Å². The molecule has 2 nitrogen and oxygen atoms in total. The summed E-state index contributed by atoms with van der Waals surface area (Å²) in [5.74, 6) is -0.754. The Bertz CT molecular complexity index is 104. The summed E-state index contributed by atoms with van der Waals surface area (Å²) < 4.78 is 0. The van der Waals surface area contributed by atoms with Gasteiger partial charge in [0.25, 0.3) is 0 Å². The van der Waals surface area contributed by atoms with E-state index in [0.717, 1.165) is 25.7 Å². The van der Waals surface area contributed by atoms with Gasteiger partial charge in [0.2, 0.25) is 0 Å². The van der Waals surface area contributed by atoms with Gasteiger partial charge in [0.1, 0.15) is 0 Å². The molecule has 0 amide bonds. The van der Waals surface area contributed by atoms with Crippen molar-refractivity contribution in [3.63, 3.8) is 0 Å². The van der Waals surface area contributed by atoms with E-state index in [2.05, 4.69) is 6.92 Å². The van der Waals surface area contributed by atoms with Gasteiger partial charge in [-0.25, -0.2) is 0 Å². The number of rotatable bonds is 5. The molecule has 74 valence electrons. The molecule has 11 heavy (non-hydrogen) atoms. The molecule has 1 unspecified atom stereocenters. The first kappa shape index (κ1) is 14.5. The van der Waals surface area contributed by atoms with Gasteiger partial charge in [-0.15, -0.1) is 0 Å². The molecule has 0 saturated heterocycles. The van der Waals surface area contributed by atoms with Crippen LogP contribution in [0.15, 0.2) is 0 Å². The van der Waals surface area contributed by atoms with Crippen molar-refractivity contribution in [3.05, 3.63) is 0 Å². The van der Waals surface area contributed by atoms with Crippen molar-refractivity contribution in [2.45, 2.75) is 39.5 Å². The standard InChI is InChI=1S/C8H16O2.Yb/c1-3-5-6-7(4-2)8(9)10;/h7H,3-6H2,1-2H3,(H,9,10);. The molecule has 0 radical (unpaired) electrons. The second-order valence-electron chi connectivity index (χ2n) is 2.59. The number of carboxylic acids is 1. The second kappa shape index (κ2) is 9.08. The Morgan fingerprint density at radius 2 is 2.00 bits per heavy atom. The van der Waals surface area contributed by atoms with Crippen LogP contribution >= 0.6 is 0 Å². The Hall–Kier alpha value is 0.989. The zero-order valence-electron chi connectivity index (χ0n) is 7.03. The van der Waals surface area contributed by atoms with Crippen molar-refractivity contribution in [1.82, 2.24) is 0 Å². The predicted octanol–water partition coefficient (Wildman–Crippen LogP) is 2.29. The van der Waals surface area contributed by atoms with E-state index in [1.54, 1.807) is 0 Å². The zero-order valence-corrected chi connectivity index (χ0v) is 8.74. The quantitative estimate of drug-likeness (QED) is 0.845. The number of carbonyl (C=O) groups is 1. The largest absolute Gasteiger partial charge is 0.481 e. The second-order valence-corrected chi connectivity index (χ2v) is 2.59. The molecule has 0 fully saturated rings. The minimum atomic E-state index is -0.643. The fraction of sp³-hybridized carbons (Fsp3) is 0.875. The van der Waals surface area contributed by atoms with Crippen molar-refractivity contribution in [1.29, 1.82) is 0 Å². The average Bonchev–Trinajstić information content (AvgIpc) is 1.89. The molecule has 3 heteroatoms. The molecule has 0 heterocycles. The molecule has 0 saturated carbocycles. The fourth-order valence-electron chi connectivity index (χ4n) is 0.953. The summed E-state index contributed by atoms with van der Waals surface area (Å²) >= 11 is 0. The van der Waals surface area contributed by atoms with Crippen molar-refractivity contribution in [2.75, 3.05) is 0 Å². The summed E-state index contributed by atoms with van der Waals surface area (Å²) in [6.07, 6.45) is 3.71. The first-order chi connectivity index (χ1) is 4.72. The monoisotopic (exact) mass is 318 g/mol. The first-order valence-electron chi connectivity index (χ1n) is 3.95. The molecular formula is C8H16O2Yb. The molecule has 0 aromatic carbocycles. The summed E-state index contributed by atoms with van der Waals surface area (Å²) in [6, 6.07) is 0. The first-order valence-corrected chi connectivity index (χ1v) is 3.95. The van der Waals surface area contributed by atoms with Crippen molar-refractivity contribution in [2.24, 2.45) is 5.92 Å². The van der Waals surface area contributed by atoms with Gasteiger partial charge in [0, 0.05) is 46.9 Å². The van der Waals surface area contributed by atoms with E-state index in [4.69, 9.17) is 5.11 Å². The molecule has 1 atom stereocenters. The van der Waals surface area contributed by atoms with E-state index in [9.17, 15) is 4.79 Å². The Labute approximate surface area is 107 Å². The SMILES string of the molecule is CCCCC(CC)C(=O)O.[Yb]. The summed E-state index contributed by atoms with van der Waals surface area (Å²) in [6.45, 7) is 4.00. The van der Waals surface area contributed by atoms with E-state index < -0.39 is 5.97 Å². The Balaban J connectivity index is 0. The summed E-state index contributed by atoms with van der Waals surface area (Å²) in [4.78, 5) is 10.4. The molecule has 0 aliphatic heterocycles. The van der Waals surface area contributed by atoms with E-state index in [1.807, 2.05) is 6.92 Å². The number of hydrogen-bond donors (Lipinski definition) is 1. The maximum Gasteiger partial charge on any atom is 0.306 e. The van der Waals surface area contributed by atoms with Gasteiger partial charge in [0.05, 0.1) is 5.92 Å². The molecular weight excluding hydrogens is 301 g/mol. The Morgan fingerprint density at radius 1 is 1.45 bits per heavy atom. The summed E-state index contributed by atoms with van der Waals surface area (Å²) in [5, 5.41) is 8.60. The number of hydrogen-bond acceptors (Lipinski definition) is 1. The van der Waals surface area contributed by atoms with Gasteiger partial charge in [-0.3, -0.25) is 4.79 Å². The molecule has 0 bridgehead atoms. The topological polar surface area (TPSA) is 37.3 Å². The molecule has 0 aliphatic rings. The normalized spacial score (nSPS) is 11.8. The van der Waals surface area contributed by atoms with Gasteiger partial charge < -0.3 is 5.11 Å². The number of carboxylic acid groups (broad SMARTS) is 1. The molecule has 0 rings (SSSR count). The fourth-order valence-corrected chi connectivity index (χ4v) is 0.953. The zero-order chi connectivity index (χ0) is 7.98. The van der Waals surface area contributed by atoms with Gasteiger partial charge >= 0.3 is 5.97 Å². The van der Waals surface area contributed by atoms with Crippen LogP contribution < -0.4 is 0 Å². The number of aliphatic carboxylic acids is 1. The molecule has 0 aromatic heterocycles. The van der Waals surface area contributed by atoms with Crippen LogP contribution in [-0.2, 0) is 4.79 Å². The van der Waals surface area contributed by atoms with Crippen molar-refractivity contribution in [3.8, 4) is 0 Å². The van der Waals surface area contributed by atoms with Crippen LogP contribution in [0, 0.1) is 52.8 Å². The van der Waals surface area contributed by atoms with Crippen LogP contribution in [0.2, 0.25) is 0 Å². The minimum Gasteiger partial charge on any atom is -0.481 e. The van der Waals surface area contributed by atoms with Crippen LogP contribution in [0.5, 0.6) is 0 Å². The van der Waals surface area contributed by atoms with Crippen molar-refractivity contribution < 1.29 is 56.8 Å². The third-order valence-electron chi connectivity index (χ3n) is 1.75. The van der Waals surface area contributed by atoms with Gasteiger partial charge in [0.15, 0.2) is 0 Å². The van der Waals surface area contributed by atoms with E-state index in [1.165, 1.54) is 0 Å². The maximum atomic E-state index is 10.4. The minimum absolute atomic E-state index is 0. The Kier molecular flexibility index (Phi) is 12.0. The smallest absolute Gasteiger partial charge is 0.306 e. The van der Waals surface area contributed by atoms with Crippen LogP contribution in [-0.4, -0.2) is 11.1 Å². The summed E-state index contributed by atoms with van der Waals surface area (Å²) in [5.41, 5.74) is 0. The third-order valence-corrected chi connectivity index (χ3v) is 1.75. The average molecular weight is 317 g/mol. The third kappa shape index (κ3) is 7.35. The van der Waals surface area contributed by atoms with Gasteiger partial charge in [-0.2, -0.15) is 0 Å². The maximum absolute atomic E-state index is 10.4. The predicted molar refractivity (Wildman–Crippen MR) is 40.9 cm³/mol. The van der Waals surface area contributed by atoms with Crippen molar-refractivity contribution >= 4 is 5.97 Å². The molecule has 1 N–H and O–H groups in total. The van der Waals surface area contributed by atoms with E-state index >= 15 is 0 Å². The Morgan fingerprint density at radius 3 is 2.27 bits per heavy atom. The van der Waals surface area contributed by atoms with Crippen LogP contribution in [0.4, 0.5) is 0 Å². The summed E-state index contributed by atoms with van der Waals surface area (Å²) in [7, 11) is 0. The van der Waals surface area contributed by atoms with Crippen LogP contribution in [0.3, 0.4) is 0 Å².